The molecule has 0 radical (unpaired) electrons. The Balaban J connectivity index is 1.44. The van der Waals surface area contributed by atoms with Crippen LogP contribution in [-0.2, 0) is 17.8 Å². The number of nitrogens with one attached hydrogen (secondary N) is 1. The molecule has 4 bridgehead atoms. The number of carbonyl (C=O) groups is 1. The van der Waals surface area contributed by atoms with Crippen molar-refractivity contribution in [2.45, 2.75) is 44.8 Å². The number of carbonyl (C=O) groups excluding carboxylic acids is 1. The first-order valence-corrected chi connectivity index (χ1v) is 12.2. The maximum Gasteiger partial charge on any atom is 0.250 e. The molecule has 5 atom stereocenters. The highest BCUT2D eigenvalue weighted by atomic mass is 35.5. The van der Waals surface area contributed by atoms with E-state index in [1.165, 1.54) is 5.56 Å². The highest BCUT2D eigenvalue weighted by Gasteiger charge is 2.67. The third-order valence-electron chi connectivity index (χ3n) is 7.56. The monoisotopic (exact) mass is 449 g/mol. The molecule has 1 unspecified atom stereocenters. The van der Waals surface area contributed by atoms with Gasteiger partial charge in [0.25, 0.3) is 0 Å². The summed E-state index contributed by atoms with van der Waals surface area (Å²) in [4.78, 5) is 21.4. The molecule has 2 aromatic carbocycles. The maximum atomic E-state index is 13.8. The predicted molar refractivity (Wildman–Crippen MR) is 130 cm³/mol. The summed E-state index contributed by atoms with van der Waals surface area (Å²) in [5.41, 5.74) is 1.73. The molecule has 5 heteroatoms. The van der Waals surface area contributed by atoms with Crippen LogP contribution >= 0.6 is 11.6 Å². The number of benzene rings is 2. The molecule has 1 saturated heterocycles. The number of aliphatic imine (C=N–C) groups is 1. The Hall–Kier alpha value is -2.17. The third-order valence-corrected chi connectivity index (χ3v) is 7.81. The summed E-state index contributed by atoms with van der Waals surface area (Å²) in [7, 11) is 0. The van der Waals surface area contributed by atoms with Gasteiger partial charge in [-0.25, -0.2) is 0 Å². The van der Waals surface area contributed by atoms with E-state index in [1.807, 2.05) is 24.3 Å². The fraction of sp³-hybridized carbons (Fsp3) is 0.481. The lowest BCUT2D eigenvalue weighted by atomic mass is 9.59. The fourth-order valence-corrected chi connectivity index (χ4v) is 6.45. The van der Waals surface area contributed by atoms with Gasteiger partial charge in [0.15, 0.2) is 5.54 Å². The van der Waals surface area contributed by atoms with Gasteiger partial charge in [-0.3, -0.25) is 14.7 Å². The smallest absolute Gasteiger partial charge is 0.250 e. The topological polar surface area (TPSA) is 44.7 Å². The number of rotatable bonds is 7. The van der Waals surface area contributed by atoms with Crippen LogP contribution in [0, 0.1) is 23.7 Å². The molecule has 1 saturated carbocycles. The van der Waals surface area contributed by atoms with E-state index in [4.69, 9.17) is 16.6 Å². The van der Waals surface area contributed by atoms with Gasteiger partial charge in [-0.15, -0.1) is 0 Å². The summed E-state index contributed by atoms with van der Waals surface area (Å²) in [6, 6.07) is 18.6. The minimum Gasteiger partial charge on any atom is -0.350 e. The second kappa shape index (κ2) is 8.64. The summed E-state index contributed by atoms with van der Waals surface area (Å²) >= 11 is 6.02. The molecular formula is C27H32ClN3O. The first-order chi connectivity index (χ1) is 15.5. The Labute approximate surface area is 196 Å². The molecule has 168 valence electrons. The van der Waals surface area contributed by atoms with E-state index in [0.717, 1.165) is 31.5 Å². The van der Waals surface area contributed by atoms with Crippen molar-refractivity contribution in [1.29, 1.82) is 0 Å². The van der Waals surface area contributed by atoms with Crippen molar-refractivity contribution < 1.29 is 4.79 Å². The van der Waals surface area contributed by atoms with Gasteiger partial charge in [-0.2, -0.15) is 0 Å². The zero-order valence-electron chi connectivity index (χ0n) is 18.9. The number of halogens is 1. The zero-order valence-corrected chi connectivity index (χ0v) is 19.6. The van der Waals surface area contributed by atoms with Gasteiger partial charge in [0.2, 0.25) is 5.91 Å². The molecule has 4 aliphatic rings. The summed E-state index contributed by atoms with van der Waals surface area (Å²) in [6.45, 7) is 7.02. The number of nitrogens with zero attached hydrogens (tertiary/aromatic N) is 2. The average Bonchev–Trinajstić information content (AvgIpc) is 3.04. The quantitative estimate of drug-likeness (QED) is 0.670. The summed E-state index contributed by atoms with van der Waals surface area (Å²) in [5, 5.41) is 3.95. The highest BCUT2D eigenvalue weighted by Crippen LogP contribution is 2.54. The van der Waals surface area contributed by atoms with E-state index in [0.29, 0.717) is 35.2 Å². The normalized spacial score (nSPS) is 30.8. The van der Waals surface area contributed by atoms with Crippen molar-refractivity contribution in [3.63, 3.8) is 0 Å². The Kier molecular flexibility index (Phi) is 5.85. The second-order valence-corrected chi connectivity index (χ2v) is 10.6. The van der Waals surface area contributed by atoms with Gasteiger partial charge in [0.05, 0.1) is 0 Å². The molecule has 6 rings (SSSR count). The first-order valence-electron chi connectivity index (χ1n) is 11.8. The number of hydrogen-bond acceptors (Lipinski definition) is 3. The van der Waals surface area contributed by atoms with Crippen LogP contribution in [0.1, 0.15) is 31.4 Å². The van der Waals surface area contributed by atoms with Crippen LogP contribution < -0.4 is 5.32 Å². The molecule has 0 aromatic heterocycles. The second-order valence-electron chi connectivity index (χ2n) is 10.2. The highest BCUT2D eigenvalue weighted by molar-refractivity contribution is 6.30. The zero-order chi connectivity index (χ0) is 22.3. The summed E-state index contributed by atoms with van der Waals surface area (Å²) < 4.78 is 0. The van der Waals surface area contributed by atoms with Crippen molar-refractivity contribution in [3.8, 4) is 0 Å². The lowest BCUT2D eigenvalue weighted by molar-refractivity contribution is -0.132. The molecule has 4 nitrogen and oxygen atoms in total. The Morgan fingerprint density at radius 1 is 1.16 bits per heavy atom. The van der Waals surface area contributed by atoms with E-state index in [9.17, 15) is 4.79 Å². The molecule has 1 N–H and O–H groups in total. The van der Waals surface area contributed by atoms with Crippen LogP contribution in [0.2, 0.25) is 5.02 Å². The van der Waals surface area contributed by atoms with E-state index in [1.54, 1.807) is 0 Å². The van der Waals surface area contributed by atoms with E-state index in [-0.39, 0.29) is 11.9 Å². The van der Waals surface area contributed by atoms with E-state index in [2.05, 4.69) is 60.6 Å². The standard InChI is InChI=1S/C27H32ClN3O/c1-18(2)16-31-17-22-13-21-15-30-27(22,25(31)24(21)12-19-6-4-3-5-7-19)26(32)29-14-20-8-10-23(28)11-9-20/h3-11,15,18,21-22,24-25H,12-14,16-17H2,1-2H3,(H,29,32)/t21-,22-,24+,25?,27-/m0/s1. The fourth-order valence-electron chi connectivity index (χ4n) is 6.33. The number of amides is 1. The van der Waals surface area contributed by atoms with Crippen LogP contribution in [0.5, 0.6) is 0 Å². The van der Waals surface area contributed by atoms with Crippen LogP contribution in [0.3, 0.4) is 0 Å². The number of hydrogen-bond donors (Lipinski definition) is 1. The van der Waals surface area contributed by atoms with Gasteiger partial charge in [0, 0.05) is 42.8 Å². The van der Waals surface area contributed by atoms with Crippen LogP contribution in [0.25, 0.3) is 0 Å². The van der Waals surface area contributed by atoms with Gasteiger partial charge < -0.3 is 5.32 Å². The van der Waals surface area contributed by atoms with Crippen molar-refractivity contribution in [2.75, 3.05) is 13.1 Å². The molecule has 1 aliphatic carbocycles. The maximum absolute atomic E-state index is 13.8. The van der Waals surface area contributed by atoms with Crippen LogP contribution in [0.15, 0.2) is 59.6 Å². The lowest BCUT2D eigenvalue weighted by Gasteiger charge is -2.51. The van der Waals surface area contributed by atoms with Gasteiger partial charge in [-0.1, -0.05) is 67.9 Å². The molecule has 0 spiro atoms. The van der Waals surface area contributed by atoms with Crippen molar-refractivity contribution in [3.05, 3.63) is 70.7 Å². The summed E-state index contributed by atoms with van der Waals surface area (Å²) in [5.74, 6) is 1.80. The molecule has 2 fully saturated rings. The van der Waals surface area contributed by atoms with E-state index >= 15 is 0 Å². The number of likely N-dealkylation sites (tertiary alicyclic amines) is 1. The molecule has 3 aliphatic heterocycles. The van der Waals surface area contributed by atoms with Crippen LogP contribution in [-0.4, -0.2) is 41.7 Å². The third kappa shape index (κ3) is 3.78. The molecule has 2 aromatic rings. The Morgan fingerprint density at radius 3 is 2.62 bits per heavy atom. The van der Waals surface area contributed by atoms with Crippen molar-refractivity contribution >= 4 is 23.7 Å². The van der Waals surface area contributed by atoms with Crippen LogP contribution in [0.4, 0.5) is 0 Å². The Bertz CT molecular complexity index is 990. The first kappa shape index (κ1) is 21.7. The van der Waals surface area contributed by atoms with Crippen molar-refractivity contribution in [2.24, 2.45) is 28.7 Å². The van der Waals surface area contributed by atoms with E-state index < -0.39 is 5.54 Å². The molecule has 32 heavy (non-hydrogen) atoms. The molecule has 3 heterocycles. The van der Waals surface area contributed by atoms with Gasteiger partial charge >= 0.3 is 0 Å². The Morgan fingerprint density at radius 2 is 1.91 bits per heavy atom. The SMILES string of the molecule is CC(C)CN1C[C@@H]2C[C@H]3C=N[C@]2(C(=O)NCc2ccc(Cl)cc2)C1[C@@H]3Cc1ccccc1. The minimum absolute atomic E-state index is 0.0844. The van der Waals surface area contributed by atoms with Crippen molar-refractivity contribution in [1.82, 2.24) is 10.2 Å². The lowest BCUT2D eigenvalue weighted by Crippen LogP contribution is -2.66. The average molecular weight is 450 g/mol. The van der Waals surface area contributed by atoms with Gasteiger partial charge in [0.1, 0.15) is 0 Å². The van der Waals surface area contributed by atoms with Gasteiger partial charge in [-0.05, 0) is 53.9 Å². The minimum atomic E-state index is -0.671. The largest absolute Gasteiger partial charge is 0.350 e. The molecular weight excluding hydrogens is 418 g/mol. The summed E-state index contributed by atoms with van der Waals surface area (Å²) in [6.07, 6.45) is 4.16. The predicted octanol–water partition coefficient (Wildman–Crippen LogP) is 4.61. The molecule has 1 amide bonds.